The van der Waals surface area contributed by atoms with Gasteiger partial charge in [0.2, 0.25) is 31.2 Å². The van der Waals surface area contributed by atoms with Gasteiger partial charge in [-0.25, -0.2) is 25.3 Å². The van der Waals surface area contributed by atoms with Crippen LogP contribution in [0, 0.1) is 5.92 Å². The lowest BCUT2D eigenvalue weighted by atomic mass is 9.90. The summed E-state index contributed by atoms with van der Waals surface area (Å²) in [5.41, 5.74) is 0. The molecule has 2 aliphatic rings. The highest BCUT2D eigenvalue weighted by molar-refractivity contribution is 7.81. The van der Waals surface area contributed by atoms with Crippen molar-refractivity contribution in [3.8, 4) is 0 Å². The highest BCUT2D eigenvalue weighted by Crippen LogP contribution is 2.34. The first-order valence-electron chi connectivity index (χ1n) is 9.71. The molecule has 22 heteroatoms. The predicted molar refractivity (Wildman–Crippen MR) is 102 cm³/mol. The van der Waals surface area contributed by atoms with Crippen molar-refractivity contribution in [2.45, 2.75) is 62.2 Å². The third-order valence-corrected chi connectivity index (χ3v) is 6.51. The largest absolute Gasteiger partial charge is 0.726 e. The van der Waals surface area contributed by atoms with E-state index in [9.17, 15) is 54.2 Å². The van der Waals surface area contributed by atoms with E-state index < -0.39 is 106 Å². The van der Waals surface area contributed by atoms with Crippen LogP contribution in [0.4, 0.5) is 0 Å². The Kier molecular flexibility index (Phi) is 10.5. The maximum Gasteiger partial charge on any atom is 0.218 e. The minimum atomic E-state index is -5.52. The molecule has 0 bridgehead atoms. The fourth-order valence-corrected chi connectivity index (χ4v) is 4.89. The molecular weight excluding hydrogens is 568 g/mol. The minimum Gasteiger partial charge on any atom is -0.726 e. The van der Waals surface area contributed by atoms with E-state index in [2.05, 4.69) is 12.5 Å². The average Bonchev–Trinajstić information content (AvgIpc) is 2.72. The molecule has 2 saturated heterocycles. The number of hydrogen-bond donors (Lipinski definition) is 3. The van der Waals surface area contributed by atoms with Crippen LogP contribution in [-0.2, 0) is 62.7 Å². The van der Waals surface area contributed by atoms with Crippen molar-refractivity contribution in [3.63, 3.8) is 0 Å². The van der Waals surface area contributed by atoms with E-state index in [0.29, 0.717) is 0 Å². The lowest BCUT2D eigenvalue weighted by molar-refractivity contribution is -0.347. The molecule has 0 saturated carbocycles. The first kappa shape index (κ1) is 31.5. The average molecular weight is 592 g/mol. The third-order valence-electron chi connectivity index (χ3n) is 5.17. The van der Waals surface area contributed by atoms with Crippen LogP contribution in [0.2, 0.25) is 0 Å². The highest BCUT2D eigenvalue weighted by atomic mass is 32.3. The third kappa shape index (κ3) is 8.69. The second kappa shape index (κ2) is 12.0. The summed E-state index contributed by atoms with van der Waals surface area (Å²) in [7, 11) is -15.4. The number of hydrogen-bond acceptors (Lipinski definition) is 19. The summed E-state index contributed by atoms with van der Waals surface area (Å²) in [6, 6.07) is 0. The molecular formula is C14H23O19S3-3. The molecule has 0 aromatic carbocycles. The molecule has 0 radical (unpaired) electrons. The predicted octanol–water partition coefficient (Wildman–Crippen LogP) is -5.01. The van der Waals surface area contributed by atoms with Crippen molar-refractivity contribution in [3.05, 3.63) is 0 Å². The lowest BCUT2D eigenvalue weighted by Crippen LogP contribution is -2.64. The van der Waals surface area contributed by atoms with Gasteiger partial charge in [-0.05, 0) is 0 Å². The van der Waals surface area contributed by atoms with Gasteiger partial charge in [0.05, 0.1) is 19.3 Å². The monoisotopic (exact) mass is 591 g/mol. The number of methoxy groups -OCH3 is 1. The molecule has 2 fully saturated rings. The summed E-state index contributed by atoms with van der Waals surface area (Å²) in [5.74, 6) is -1.29. The van der Waals surface area contributed by atoms with Crippen molar-refractivity contribution in [2.24, 2.45) is 5.92 Å². The van der Waals surface area contributed by atoms with Crippen LogP contribution in [0.15, 0.2) is 0 Å². The van der Waals surface area contributed by atoms with Crippen molar-refractivity contribution in [1.29, 1.82) is 0 Å². The summed E-state index contributed by atoms with van der Waals surface area (Å²) in [4.78, 5) is 0. The molecule has 0 aromatic rings. The molecule has 0 aromatic heterocycles. The van der Waals surface area contributed by atoms with Crippen LogP contribution in [0.1, 0.15) is 6.92 Å². The van der Waals surface area contributed by atoms with E-state index in [1.807, 2.05) is 0 Å². The van der Waals surface area contributed by atoms with Crippen LogP contribution in [0.5, 0.6) is 0 Å². The molecule has 214 valence electrons. The number of aliphatic hydroxyl groups is 3. The Balaban J connectivity index is 2.46. The summed E-state index contributed by atoms with van der Waals surface area (Å²) in [5, 5.41) is 30.3. The van der Waals surface area contributed by atoms with Gasteiger partial charge in [-0.1, -0.05) is 6.92 Å². The van der Waals surface area contributed by atoms with Crippen LogP contribution >= 0.6 is 0 Å². The Morgan fingerprint density at radius 1 is 0.778 bits per heavy atom. The first-order valence-corrected chi connectivity index (χ1v) is 13.7. The van der Waals surface area contributed by atoms with Crippen molar-refractivity contribution in [2.75, 3.05) is 20.3 Å². The van der Waals surface area contributed by atoms with Crippen LogP contribution in [0.25, 0.3) is 0 Å². The topological polar surface area (TPSA) is 297 Å². The molecule has 0 spiro atoms. The van der Waals surface area contributed by atoms with Gasteiger partial charge < -0.3 is 47.9 Å². The Morgan fingerprint density at radius 2 is 1.31 bits per heavy atom. The second-order valence-electron chi connectivity index (χ2n) is 7.58. The maximum absolute atomic E-state index is 11.2. The zero-order valence-electron chi connectivity index (χ0n) is 18.3. The van der Waals surface area contributed by atoms with Gasteiger partial charge in [0.15, 0.2) is 18.7 Å². The van der Waals surface area contributed by atoms with Crippen molar-refractivity contribution in [1.82, 2.24) is 0 Å². The van der Waals surface area contributed by atoms with E-state index in [4.69, 9.17) is 18.9 Å². The van der Waals surface area contributed by atoms with E-state index in [1.54, 1.807) is 0 Å². The smallest absolute Gasteiger partial charge is 0.218 e. The molecule has 10 atom stereocenters. The van der Waals surface area contributed by atoms with E-state index in [0.717, 1.165) is 7.11 Å². The van der Waals surface area contributed by atoms with Gasteiger partial charge in [-0.15, -0.1) is 0 Å². The fourth-order valence-electron chi connectivity index (χ4n) is 3.57. The lowest BCUT2D eigenvalue weighted by Gasteiger charge is -2.47. The molecule has 2 heterocycles. The van der Waals surface area contributed by atoms with Crippen molar-refractivity contribution < 1.29 is 85.7 Å². The summed E-state index contributed by atoms with van der Waals surface area (Å²) >= 11 is 0. The Morgan fingerprint density at radius 3 is 1.78 bits per heavy atom. The van der Waals surface area contributed by atoms with Crippen LogP contribution < -0.4 is 0 Å². The van der Waals surface area contributed by atoms with E-state index in [-0.39, 0.29) is 0 Å². The van der Waals surface area contributed by atoms with Gasteiger partial charge in [0.25, 0.3) is 0 Å². The minimum absolute atomic E-state index is 0.862. The first-order chi connectivity index (χ1) is 16.4. The number of aliphatic hydroxyl groups excluding tert-OH is 3. The zero-order valence-corrected chi connectivity index (χ0v) is 20.7. The van der Waals surface area contributed by atoms with Gasteiger partial charge in [-0.3, -0.25) is 12.5 Å². The number of rotatable bonds is 11. The summed E-state index contributed by atoms with van der Waals surface area (Å²) < 4.78 is 133. The molecule has 2 aliphatic heterocycles. The number of ether oxygens (including phenoxy) is 4. The molecule has 6 unspecified atom stereocenters. The zero-order chi connectivity index (χ0) is 27.6. The normalized spacial score (nSPS) is 38.7. The molecule has 36 heavy (non-hydrogen) atoms. The molecule has 0 amide bonds. The second-order valence-corrected chi connectivity index (χ2v) is 10.6. The molecule has 3 N–H and O–H groups in total. The van der Waals surface area contributed by atoms with Crippen LogP contribution in [0.3, 0.4) is 0 Å². The van der Waals surface area contributed by atoms with E-state index >= 15 is 0 Å². The molecule has 0 aliphatic carbocycles. The maximum atomic E-state index is 11.2. The summed E-state index contributed by atoms with van der Waals surface area (Å²) in [6.07, 6.45) is -17.2. The molecule has 19 nitrogen and oxygen atoms in total. The van der Waals surface area contributed by atoms with Gasteiger partial charge in [0.1, 0.15) is 30.5 Å². The Hall–Kier alpha value is -0.670. The highest BCUT2D eigenvalue weighted by Gasteiger charge is 2.52. The van der Waals surface area contributed by atoms with Gasteiger partial charge in [0, 0.05) is 13.0 Å². The standard InChI is InChI=1S/C14H26O19S3/c1-5-8(16)6(3-15)29-14(10(5)32-35(21,22)23)31-11-7(4-28-34(18,19)20)30-13(27-2)12(9(11)17)33-36(24,25)26/h5-17H,3-4H2,1-2H3,(H,18,19,20)(H,21,22,23)(H,24,25,26)/p-3/t5-,6?,7?,8?,9-,10?,11?,12?,13-,14-/m0/s1. The van der Waals surface area contributed by atoms with Gasteiger partial charge >= 0.3 is 0 Å². The van der Waals surface area contributed by atoms with Gasteiger partial charge in [-0.2, -0.15) is 0 Å². The fraction of sp³-hybridized carbons (Fsp3) is 1.00. The van der Waals surface area contributed by atoms with Crippen molar-refractivity contribution >= 4 is 31.2 Å². The van der Waals surface area contributed by atoms with Crippen LogP contribution in [-0.4, -0.2) is 130 Å². The van der Waals surface area contributed by atoms with E-state index in [1.165, 1.54) is 6.92 Å². The Labute approximate surface area is 205 Å². The molecule has 2 rings (SSSR count). The SMILES string of the molecule is CO[C@H]1OC(COS(=O)(=O)[O-])C(O[C@@H]2OC(CO)C(O)[C@H](C)C2OS(=O)(=O)[O-])[C@H](O)C1OS(=O)(=O)[O-]. The summed E-state index contributed by atoms with van der Waals surface area (Å²) in [6.45, 7) is -0.875. The Bertz CT molecular complexity index is 1040. The quantitative estimate of drug-likeness (QED) is 0.149.